The lowest BCUT2D eigenvalue weighted by atomic mass is 10.2. The number of rotatable bonds is 8. The van der Waals surface area contributed by atoms with Gasteiger partial charge in [-0.1, -0.05) is 0 Å². The number of benzene rings is 1. The molecule has 0 radical (unpaired) electrons. The smallest absolute Gasteiger partial charge is 0.341 e. The highest BCUT2D eigenvalue weighted by molar-refractivity contribution is 5.91. The molecule has 0 aliphatic carbocycles. The zero-order valence-corrected chi connectivity index (χ0v) is 12.5. The van der Waals surface area contributed by atoms with E-state index in [0.717, 1.165) is 5.56 Å². The predicted octanol–water partition coefficient (Wildman–Crippen LogP) is 2.21. The molecular formula is C15H21NO5. The number of anilines is 1. The molecule has 6 nitrogen and oxygen atoms in total. The monoisotopic (exact) mass is 295 g/mol. The molecule has 2 N–H and O–H groups in total. The van der Waals surface area contributed by atoms with Gasteiger partial charge in [-0.15, -0.1) is 0 Å². The zero-order valence-electron chi connectivity index (χ0n) is 12.5. The number of carbonyl (C=O) groups is 2. The number of aryl methyl sites for hydroxylation is 1. The lowest BCUT2D eigenvalue weighted by Crippen LogP contribution is -2.16. The highest BCUT2D eigenvalue weighted by atomic mass is 16.5. The Bertz CT molecular complexity index is 499. The summed E-state index contributed by atoms with van der Waals surface area (Å²) in [7, 11) is 0. The second-order valence-electron chi connectivity index (χ2n) is 4.88. The molecule has 0 aromatic heterocycles. The summed E-state index contributed by atoms with van der Waals surface area (Å²) in [4.78, 5) is 22.2. The molecule has 116 valence electrons. The normalized spacial score (nSPS) is 10.5. The van der Waals surface area contributed by atoms with Crippen molar-refractivity contribution >= 4 is 17.6 Å². The van der Waals surface area contributed by atoms with Crippen molar-refractivity contribution in [1.29, 1.82) is 0 Å². The molecule has 0 spiro atoms. The maximum atomic E-state index is 11.7. The third kappa shape index (κ3) is 6.76. The van der Waals surface area contributed by atoms with Gasteiger partial charge in [-0.2, -0.15) is 0 Å². The standard InChI is InChI=1S/C15H21NO5/c1-10(2)20-7-6-14(17)16-13-5-4-12(8-11(13)3)21-9-15(18)19/h4-5,8,10H,6-7,9H2,1-3H3,(H,16,17)(H,18,19). The van der Waals surface area contributed by atoms with Crippen molar-refractivity contribution in [2.75, 3.05) is 18.5 Å². The molecule has 1 aromatic carbocycles. The number of ether oxygens (including phenoxy) is 2. The average Bonchev–Trinajstić information content (AvgIpc) is 2.38. The molecule has 0 heterocycles. The van der Waals surface area contributed by atoms with Crippen LogP contribution in [0.4, 0.5) is 5.69 Å². The second kappa shape index (κ2) is 8.26. The summed E-state index contributed by atoms with van der Waals surface area (Å²) < 4.78 is 10.4. The van der Waals surface area contributed by atoms with E-state index < -0.39 is 12.6 Å². The summed E-state index contributed by atoms with van der Waals surface area (Å²) in [6, 6.07) is 4.99. The van der Waals surface area contributed by atoms with Gasteiger partial charge in [-0.05, 0) is 44.5 Å². The fourth-order valence-electron chi connectivity index (χ4n) is 1.61. The molecule has 0 bridgehead atoms. The van der Waals surface area contributed by atoms with Gasteiger partial charge in [0.2, 0.25) is 5.91 Å². The first-order valence-electron chi connectivity index (χ1n) is 6.75. The van der Waals surface area contributed by atoms with Crippen LogP contribution >= 0.6 is 0 Å². The third-order valence-corrected chi connectivity index (χ3v) is 2.61. The number of hydrogen-bond acceptors (Lipinski definition) is 4. The molecule has 0 unspecified atom stereocenters. The second-order valence-corrected chi connectivity index (χ2v) is 4.88. The fraction of sp³-hybridized carbons (Fsp3) is 0.467. The van der Waals surface area contributed by atoms with Gasteiger partial charge in [0.25, 0.3) is 0 Å². The summed E-state index contributed by atoms with van der Waals surface area (Å²) in [5, 5.41) is 11.3. The summed E-state index contributed by atoms with van der Waals surface area (Å²) in [6.45, 7) is 5.63. The van der Waals surface area contributed by atoms with Gasteiger partial charge in [0.15, 0.2) is 6.61 Å². The average molecular weight is 295 g/mol. The first kappa shape index (κ1) is 17.0. The SMILES string of the molecule is Cc1cc(OCC(=O)O)ccc1NC(=O)CCOC(C)C. The Morgan fingerprint density at radius 3 is 2.62 bits per heavy atom. The van der Waals surface area contributed by atoms with Gasteiger partial charge in [-0.3, -0.25) is 4.79 Å². The van der Waals surface area contributed by atoms with Crippen molar-refractivity contribution in [3.8, 4) is 5.75 Å². The van der Waals surface area contributed by atoms with Gasteiger partial charge in [0, 0.05) is 5.69 Å². The summed E-state index contributed by atoms with van der Waals surface area (Å²) in [5.74, 6) is -0.704. The number of carbonyl (C=O) groups excluding carboxylic acids is 1. The Morgan fingerprint density at radius 1 is 1.33 bits per heavy atom. The van der Waals surface area contributed by atoms with E-state index in [1.165, 1.54) is 0 Å². The molecule has 0 fully saturated rings. The minimum absolute atomic E-state index is 0.102. The van der Waals surface area contributed by atoms with E-state index in [1.54, 1.807) is 18.2 Å². The van der Waals surface area contributed by atoms with Crippen LogP contribution in [0.2, 0.25) is 0 Å². The Morgan fingerprint density at radius 2 is 2.05 bits per heavy atom. The fourth-order valence-corrected chi connectivity index (χ4v) is 1.61. The first-order chi connectivity index (χ1) is 9.88. The molecule has 1 rings (SSSR count). The molecule has 21 heavy (non-hydrogen) atoms. The van der Waals surface area contributed by atoms with Crippen LogP contribution in [0.3, 0.4) is 0 Å². The first-order valence-corrected chi connectivity index (χ1v) is 6.75. The number of amides is 1. The molecule has 1 aromatic rings. The third-order valence-electron chi connectivity index (χ3n) is 2.61. The topological polar surface area (TPSA) is 84.9 Å². The predicted molar refractivity (Wildman–Crippen MR) is 78.6 cm³/mol. The highest BCUT2D eigenvalue weighted by Crippen LogP contribution is 2.21. The van der Waals surface area contributed by atoms with Crippen LogP contribution in [0.25, 0.3) is 0 Å². The summed E-state index contributed by atoms with van der Waals surface area (Å²) in [6.07, 6.45) is 0.389. The van der Waals surface area contributed by atoms with Crippen LogP contribution in [0.1, 0.15) is 25.8 Å². The van der Waals surface area contributed by atoms with Crippen LogP contribution in [-0.4, -0.2) is 36.3 Å². The number of carboxylic acid groups (broad SMARTS) is 1. The summed E-state index contributed by atoms with van der Waals surface area (Å²) in [5.41, 5.74) is 1.48. The number of carboxylic acids is 1. The van der Waals surface area contributed by atoms with Crippen LogP contribution < -0.4 is 10.1 Å². The van der Waals surface area contributed by atoms with Crippen molar-refractivity contribution in [2.45, 2.75) is 33.3 Å². The Hall–Kier alpha value is -2.08. The largest absolute Gasteiger partial charge is 0.482 e. The van der Waals surface area contributed by atoms with E-state index in [2.05, 4.69) is 5.32 Å². The van der Waals surface area contributed by atoms with Gasteiger partial charge in [0.05, 0.1) is 19.1 Å². The Kier molecular flexibility index (Phi) is 6.68. The lowest BCUT2D eigenvalue weighted by Gasteiger charge is -2.11. The van der Waals surface area contributed by atoms with Gasteiger partial charge in [0.1, 0.15) is 5.75 Å². The van der Waals surface area contributed by atoms with Crippen molar-refractivity contribution < 1.29 is 24.2 Å². The molecule has 0 aliphatic rings. The van der Waals surface area contributed by atoms with Crippen molar-refractivity contribution in [3.63, 3.8) is 0 Å². The molecule has 0 saturated carbocycles. The van der Waals surface area contributed by atoms with E-state index >= 15 is 0 Å². The minimum atomic E-state index is -1.03. The molecule has 0 aliphatic heterocycles. The highest BCUT2D eigenvalue weighted by Gasteiger charge is 2.07. The van der Waals surface area contributed by atoms with Crippen molar-refractivity contribution in [3.05, 3.63) is 23.8 Å². The maximum Gasteiger partial charge on any atom is 0.341 e. The zero-order chi connectivity index (χ0) is 15.8. The Balaban J connectivity index is 2.52. The molecule has 6 heteroatoms. The van der Waals surface area contributed by atoms with Crippen molar-refractivity contribution in [2.24, 2.45) is 0 Å². The molecule has 1 amide bonds. The molecular weight excluding hydrogens is 274 g/mol. The van der Waals surface area contributed by atoms with Crippen LogP contribution in [-0.2, 0) is 14.3 Å². The van der Waals surface area contributed by atoms with E-state index in [1.807, 2.05) is 20.8 Å². The maximum absolute atomic E-state index is 11.7. The van der Waals surface area contributed by atoms with E-state index in [0.29, 0.717) is 18.0 Å². The quantitative estimate of drug-likeness (QED) is 0.768. The summed E-state index contributed by atoms with van der Waals surface area (Å²) >= 11 is 0. The number of nitrogens with one attached hydrogen (secondary N) is 1. The van der Waals surface area contributed by atoms with E-state index in [9.17, 15) is 9.59 Å². The van der Waals surface area contributed by atoms with Gasteiger partial charge in [-0.25, -0.2) is 4.79 Å². The number of hydrogen-bond donors (Lipinski definition) is 2. The molecule has 0 saturated heterocycles. The van der Waals surface area contributed by atoms with Gasteiger partial charge < -0.3 is 19.9 Å². The Labute approximate surface area is 124 Å². The van der Waals surface area contributed by atoms with E-state index in [-0.39, 0.29) is 18.4 Å². The van der Waals surface area contributed by atoms with Crippen LogP contribution in [0, 0.1) is 6.92 Å². The van der Waals surface area contributed by atoms with Crippen molar-refractivity contribution in [1.82, 2.24) is 0 Å². The minimum Gasteiger partial charge on any atom is -0.482 e. The molecule has 0 atom stereocenters. The lowest BCUT2D eigenvalue weighted by molar-refractivity contribution is -0.139. The van der Waals surface area contributed by atoms with Crippen LogP contribution in [0.15, 0.2) is 18.2 Å². The van der Waals surface area contributed by atoms with Gasteiger partial charge >= 0.3 is 5.97 Å². The van der Waals surface area contributed by atoms with Crippen LogP contribution in [0.5, 0.6) is 5.75 Å². The van der Waals surface area contributed by atoms with E-state index in [4.69, 9.17) is 14.6 Å². The number of aliphatic carboxylic acids is 1.